The first kappa shape index (κ1) is 26.4. The molecule has 0 unspecified atom stereocenters. The fourth-order valence-corrected chi connectivity index (χ4v) is 4.99. The summed E-state index contributed by atoms with van der Waals surface area (Å²) in [6, 6.07) is 12.6. The summed E-state index contributed by atoms with van der Waals surface area (Å²) in [6.45, 7) is 3.29. The van der Waals surface area contributed by atoms with E-state index in [0.717, 1.165) is 12.1 Å². The molecule has 4 rings (SSSR count). The summed E-state index contributed by atoms with van der Waals surface area (Å²) in [5.41, 5.74) is 4.85. The number of carbonyl (C=O) groups is 1. The normalized spacial score (nSPS) is 14.5. The summed E-state index contributed by atoms with van der Waals surface area (Å²) < 4.78 is 69.5. The van der Waals surface area contributed by atoms with Crippen LogP contribution in [0.15, 0.2) is 59.6 Å². The number of piperazine rings is 1. The SMILES string of the molecule is Cc1ccccc1-c1nc(NS(=O)(=O)c2cccc(N3CCN(C(=O)CN)CC3)n2)ccc1C(F)(F)F. The molecule has 1 aliphatic heterocycles. The monoisotopic (exact) mass is 534 g/mol. The number of nitrogens with zero attached hydrogens (tertiary/aromatic N) is 4. The van der Waals surface area contributed by atoms with Gasteiger partial charge in [-0.15, -0.1) is 0 Å². The largest absolute Gasteiger partial charge is 0.418 e. The van der Waals surface area contributed by atoms with Gasteiger partial charge in [-0.25, -0.2) is 9.97 Å². The molecule has 0 atom stereocenters. The second kappa shape index (κ2) is 10.3. The van der Waals surface area contributed by atoms with E-state index in [2.05, 4.69) is 14.7 Å². The molecule has 1 fully saturated rings. The predicted molar refractivity (Wildman–Crippen MR) is 132 cm³/mol. The molecule has 0 aliphatic carbocycles. The molecule has 1 aromatic carbocycles. The standard InChI is InChI=1S/C24H25F3N6O3S/c1-16-5-2-3-6-17(16)23-18(24(25,26)27)9-10-19(29-23)31-37(35,36)21-8-4-7-20(30-21)32-11-13-33(14-12-32)22(34)15-28/h2-10H,11-15,28H2,1H3,(H,29,31). The van der Waals surface area contributed by atoms with Crippen LogP contribution in [0.1, 0.15) is 11.1 Å². The maximum absolute atomic E-state index is 13.7. The van der Waals surface area contributed by atoms with E-state index in [9.17, 15) is 26.4 Å². The summed E-state index contributed by atoms with van der Waals surface area (Å²) in [7, 11) is -4.27. The van der Waals surface area contributed by atoms with Gasteiger partial charge in [0.05, 0.1) is 17.8 Å². The van der Waals surface area contributed by atoms with Crippen LogP contribution in [0.25, 0.3) is 11.3 Å². The number of sulfonamides is 1. The van der Waals surface area contributed by atoms with Crippen LogP contribution in [0.3, 0.4) is 0 Å². The van der Waals surface area contributed by atoms with E-state index in [0.29, 0.717) is 37.6 Å². The van der Waals surface area contributed by atoms with Crippen molar-refractivity contribution in [3.63, 3.8) is 0 Å². The number of nitrogens with two attached hydrogens (primary N) is 1. The maximum atomic E-state index is 13.7. The van der Waals surface area contributed by atoms with E-state index in [4.69, 9.17) is 5.73 Å². The third-order valence-corrected chi connectivity index (χ3v) is 7.21. The molecule has 1 amide bonds. The van der Waals surface area contributed by atoms with Crippen LogP contribution in [0.5, 0.6) is 0 Å². The maximum Gasteiger partial charge on any atom is 0.418 e. The number of halogens is 3. The molecule has 13 heteroatoms. The molecule has 37 heavy (non-hydrogen) atoms. The van der Waals surface area contributed by atoms with Crippen LogP contribution >= 0.6 is 0 Å². The highest BCUT2D eigenvalue weighted by molar-refractivity contribution is 7.92. The number of hydrogen-bond donors (Lipinski definition) is 2. The lowest BCUT2D eigenvalue weighted by Gasteiger charge is -2.35. The van der Waals surface area contributed by atoms with Crippen LogP contribution in [-0.4, -0.2) is 61.9 Å². The van der Waals surface area contributed by atoms with Crippen molar-refractivity contribution in [2.75, 3.05) is 42.3 Å². The molecular formula is C24H25F3N6O3S. The quantitative estimate of drug-likeness (QED) is 0.499. The van der Waals surface area contributed by atoms with E-state index in [1.807, 2.05) is 4.90 Å². The van der Waals surface area contributed by atoms with Crippen LogP contribution in [-0.2, 0) is 21.0 Å². The Labute approximate surface area is 212 Å². The highest BCUT2D eigenvalue weighted by atomic mass is 32.2. The highest BCUT2D eigenvalue weighted by Crippen LogP contribution is 2.38. The summed E-state index contributed by atoms with van der Waals surface area (Å²) in [6.07, 6.45) is -4.68. The van der Waals surface area contributed by atoms with E-state index in [1.54, 1.807) is 36.1 Å². The number of alkyl halides is 3. The minimum atomic E-state index is -4.68. The predicted octanol–water partition coefficient (Wildman–Crippen LogP) is 2.88. The van der Waals surface area contributed by atoms with E-state index >= 15 is 0 Å². The molecule has 2 aromatic heterocycles. The molecule has 1 aliphatic rings. The third-order valence-electron chi connectivity index (χ3n) is 5.95. The number of aromatic nitrogens is 2. The van der Waals surface area contributed by atoms with Gasteiger partial charge in [0.15, 0.2) is 5.03 Å². The lowest BCUT2D eigenvalue weighted by molar-refractivity contribution is -0.137. The second-order valence-corrected chi connectivity index (χ2v) is 10.0. The highest BCUT2D eigenvalue weighted by Gasteiger charge is 2.35. The molecule has 0 saturated carbocycles. The van der Waals surface area contributed by atoms with Crippen molar-refractivity contribution in [3.05, 3.63) is 65.7 Å². The van der Waals surface area contributed by atoms with E-state index < -0.39 is 21.8 Å². The zero-order valence-electron chi connectivity index (χ0n) is 19.9. The number of hydrogen-bond acceptors (Lipinski definition) is 7. The first-order valence-electron chi connectivity index (χ1n) is 11.4. The fraction of sp³-hybridized carbons (Fsp3) is 0.292. The average molecular weight is 535 g/mol. The van der Waals surface area contributed by atoms with Crippen molar-refractivity contribution in [1.82, 2.24) is 14.9 Å². The van der Waals surface area contributed by atoms with Gasteiger partial charge in [-0.1, -0.05) is 30.3 Å². The molecular weight excluding hydrogens is 509 g/mol. The minimum absolute atomic E-state index is 0.0822. The summed E-state index contributed by atoms with van der Waals surface area (Å²) in [4.78, 5) is 23.5. The first-order valence-corrected chi connectivity index (χ1v) is 12.8. The van der Waals surface area contributed by atoms with Crippen molar-refractivity contribution in [3.8, 4) is 11.3 Å². The second-order valence-electron chi connectivity index (χ2n) is 8.42. The van der Waals surface area contributed by atoms with Crippen molar-refractivity contribution < 1.29 is 26.4 Å². The Morgan fingerprint density at radius 2 is 1.70 bits per heavy atom. The molecule has 9 nitrogen and oxygen atoms in total. The Morgan fingerprint density at radius 1 is 1.00 bits per heavy atom. The lowest BCUT2D eigenvalue weighted by atomic mass is 10.0. The van der Waals surface area contributed by atoms with Crippen molar-refractivity contribution in [2.45, 2.75) is 18.1 Å². The molecule has 196 valence electrons. The average Bonchev–Trinajstić information content (AvgIpc) is 2.88. The fourth-order valence-electron chi connectivity index (χ4n) is 4.02. The Kier molecular flexibility index (Phi) is 7.37. The van der Waals surface area contributed by atoms with Crippen molar-refractivity contribution >= 4 is 27.6 Å². The van der Waals surface area contributed by atoms with Gasteiger partial charge in [0.2, 0.25) is 5.91 Å². The molecule has 0 spiro atoms. The number of pyridine rings is 2. The Bertz CT molecular complexity index is 1410. The van der Waals surface area contributed by atoms with Gasteiger partial charge in [-0.2, -0.15) is 21.6 Å². The molecule has 3 N–H and O–H groups in total. The zero-order valence-corrected chi connectivity index (χ0v) is 20.7. The smallest absolute Gasteiger partial charge is 0.353 e. The van der Waals surface area contributed by atoms with Crippen LogP contribution < -0.4 is 15.4 Å². The van der Waals surface area contributed by atoms with Crippen LogP contribution in [0, 0.1) is 6.92 Å². The number of nitrogens with one attached hydrogen (secondary N) is 1. The number of amides is 1. The topological polar surface area (TPSA) is 122 Å². The minimum Gasteiger partial charge on any atom is -0.353 e. The Morgan fingerprint density at radius 3 is 2.35 bits per heavy atom. The van der Waals surface area contributed by atoms with E-state index in [-0.39, 0.29) is 34.6 Å². The first-order chi connectivity index (χ1) is 17.5. The number of aryl methyl sites for hydroxylation is 1. The summed E-state index contributed by atoms with van der Waals surface area (Å²) in [5.74, 6) is -0.0432. The van der Waals surface area contributed by atoms with Gasteiger partial charge in [-0.3, -0.25) is 9.52 Å². The number of benzene rings is 1. The number of carbonyl (C=O) groups excluding carboxylic acids is 1. The van der Waals surface area contributed by atoms with Gasteiger partial charge in [-0.05, 0) is 36.8 Å². The molecule has 1 saturated heterocycles. The van der Waals surface area contributed by atoms with Crippen molar-refractivity contribution in [1.29, 1.82) is 0 Å². The summed E-state index contributed by atoms with van der Waals surface area (Å²) >= 11 is 0. The number of rotatable bonds is 6. The van der Waals surface area contributed by atoms with Gasteiger partial charge in [0.25, 0.3) is 10.0 Å². The van der Waals surface area contributed by atoms with Crippen LogP contribution in [0.4, 0.5) is 24.8 Å². The van der Waals surface area contributed by atoms with Gasteiger partial charge < -0.3 is 15.5 Å². The molecule has 3 heterocycles. The van der Waals surface area contributed by atoms with Crippen molar-refractivity contribution in [2.24, 2.45) is 5.73 Å². The Hall–Kier alpha value is -3.71. The van der Waals surface area contributed by atoms with Gasteiger partial charge in [0.1, 0.15) is 11.6 Å². The Balaban J connectivity index is 1.60. The molecule has 0 radical (unpaired) electrons. The van der Waals surface area contributed by atoms with Gasteiger partial charge in [0, 0.05) is 31.7 Å². The lowest BCUT2D eigenvalue weighted by Crippen LogP contribution is -2.50. The number of anilines is 2. The van der Waals surface area contributed by atoms with E-state index in [1.165, 1.54) is 18.2 Å². The molecule has 0 bridgehead atoms. The zero-order chi connectivity index (χ0) is 26.8. The summed E-state index contributed by atoms with van der Waals surface area (Å²) in [5, 5.41) is -0.315. The van der Waals surface area contributed by atoms with Crippen LogP contribution in [0.2, 0.25) is 0 Å². The third kappa shape index (κ3) is 5.83. The van der Waals surface area contributed by atoms with Gasteiger partial charge >= 0.3 is 6.18 Å². The molecule has 3 aromatic rings.